The van der Waals surface area contributed by atoms with Gasteiger partial charge < -0.3 is 5.32 Å². The Balaban J connectivity index is 1.95. The molecule has 104 valence electrons. The van der Waals surface area contributed by atoms with E-state index in [1.807, 2.05) is 42.6 Å². The van der Waals surface area contributed by atoms with Crippen LogP contribution in [0.2, 0.25) is 0 Å². The summed E-state index contributed by atoms with van der Waals surface area (Å²) in [5.41, 5.74) is 2.12. The van der Waals surface area contributed by atoms with Gasteiger partial charge in [-0.3, -0.25) is 4.79 Å². The summed E-state index contributed by atoms with van der Waals surface area (Å²) in [6.07, 6.45) is 4.15. The molecule has 0 atom stereocenters. The number of aromatic nitrogens is 1. The molecule has 3 heteroatoms. The SMILES string of the molecule is CC(=O)Nc1cccc2c[n+](Cc3ccccc3)ccc12. The number of fused-ring (bicyclic) bond motifs is 1. The molecule has 1 aromatic heterocycles. The first-order valence-electron chi connectivity index (χ1n) is 6.96. The molecule has 0 aliphatic carbocycles. The normalized spacial score (nSPS) is 10.5. The largest absolute Gasteiger partial charge is 0.326 e. The van der Waals surface area contributed by atoms with Crippen LogP contribution >= 0.6 is 0 Å². The lowest BCUT2D eigenvalue weighted by Crippen LogP contribution is -2.33. The highest BCUT2D eigenvalue weighted by Gasteiger charge is 2.08. The molecule has 0 unspecified atom stereocenters. The van der Waals surface area contributed by atoms with Crippen molar-refractivity contribution in [1.82, 2.24) is 0 Å². The minimum absolute atomic E-state index is 0.0523. The fourth-order valence-electron chi connectivity index (χ4n) is 2.46. The molecule has 0 saturated carbocycles. The van der Waals surface area contributed by atoms with Crippen molar-refractivity contribution >= 4 is 22.4 Å². The van der Waals surface area contributed by atoms with Gasteiger partial charge in [-0.2, -0.15) is 0 Å². The lowest BCUT2D eigenvalue weighted by atomic mass is 10.1. The highest BCUT2D eigenvalue weighted by molar-refractivity contribution is 6.00. The van der Waals surface area contributed by atoms with E-state index in [-0.39, 0.29) is 5.91 Å². The second kappa shape index (κ2) is 5.75. The monoisotopic (exact) mass is 277 g/mol. The Kier molecular flexibility index (Phi) is 3.65. The van der Waals surface area contributed by atoms with Gasteiger partial charge in [0, 0.05) is 35.0 Å². The molecule has 1 heterocycles. The van der Waals surface area contributed by atoms with Gasteiger partial charge in [0.2, 0.25) is 5.91 Å². The first-order valence-corrected chi connectivity index (χ1v) is 6.96. The Morgan fingerprint density at radius 1 is 1.05 bits per heavy atom. The fourth-order valence-corrected chi connectivity index (χ4v) is 2.46. The van der Waals surface area contributed by atoms with Gasteiger partial charge >= 0.3 is 0 Å². The second-order valence-electron chi connectivity index (χ2n) is 5.09. The first-order chi connectivity index (χ1) is 10.2. The number of pyridine rings is 1. The maximum absolute atomic E-state index is 11.2. The highest BCUT2D eigenvalue weighted by Crippen LogP contribution is 2.21. The van der Waals surface area contributed by atoms with Crippen LogP contribution in [0.5, 0.6) is 0 Å². The fraction of sp³-hybridized carbons (Fsp3) is 0.111. The number of anilines is 1. The van der Waals surface area contributed by atoms with Gasteiger partial charge in [0.1, 0.15) is 0 Å². The summed E-state index contributed by atoms with van der Waals surface area (Å²) >= 11 is 0. The van der Waals surface area contributed by atoms with Crippen molar-refractivity contribution in [2.24, 2.45) is 0 Å². The third-order valence-corrected chi connectivity index (χ3v) is 3.40. The van der Waals surface area contributed by atoms with Crippen LogP contribution in [-0.2, 0) is 11.3 Å². The smallest absolute Gasteiger partial charge is 0.221 e. The minimum atomic E-state index is -0.0523. The zero-order chi connectivity index (χ0) is 14.7. The number of benzene rings is 2. The summed E-state index contributed by atoms with van der Waals surface area (Å²) in [6.45, 7) is 2.36. The number of rotatable bonds is 3. The summed E-state index contributed by atoms with van der Waals surface area (Å²) in [4.78, 5) is 11.2. The topological polar surface area (TPSA) is 33.0 Å². The molecule has 3 rings (SSSR count). The van der Waals surface area contributed by atoms with Crippen LogP contribution < -0.4 is 9.88 Å². The molecule has 0 radical (unpaired) electrons. The summed E-state index contributed by atoms with van der Waals surface area (Å²) in [5, 5.41) is 5.03. The maximum atomic E-state index is 11.2. The molecule has 3 nitrogen and oxygen atoms in total. The quantitative estimate of drug-likeness (QED) is 0.733. The third kappa shape index (κ3) is 3.08. The van der Waals surface area contributed by atoms with E-state index in [9.17, 15) is 4.79 Å². The molecule has 0 aliphatic rings. The number of carbonyl (C=O) groups is 1. The average Bonchev–Trinajstić information content (AvgIpc) is 2.48. The number of hydrogen-bond acceptors (Lipinski definition) is 1. The minimum Gasteiger partial charge on any atom is -0.326 e. The zero-order valence-corrected chi connectivity index (χ0v) is 11.9. The van der Waals surface area contributed by atoms with Crippen molar-refractivity contribution in [2.45, 2.75) is 13.5 Å². The number of hydrogen-bond donors (Lipinski definition) is 1. The van der Waals surface area contributed by atoms with E-state index in [4.69, 9.17) is 0 Å². The number of nitrogens with one attached hydrogen (secondary N) is 1. The van der Waals surface area contributed by atoms with Crippen molar-refractivity contribution < 1.29 is 9.36 Å². The van der Waals surface area contributed by atoms with Crippen molar-refractivity contribution in [2.75, 3.05) is 5.32 Å². The molecule has 1 amide bonds. The molecule has 0 fully saturated rings. The van der Waals surface area contributed by atoms with Crippen LogP contribution in [0.3, 0.4) is 0 Å². The average molecular weight is 277 g/mol. The second-order valence-corrected chi connectivity index (χ2v) is 5.09. The van der Waals surface area contributed by atoms with Gasteiger partial charge in [-0.1, -0.05) is 36.4 Å². The van der Waals surface area contributed by atoms with Gasteiger partial charge in [0.05, 0.1) is 0 Å². The van der Waals surface area contributed by atoms with Crippen LogP contribution in [0.4, 0.5) is 5.69 Å². The molecular weight excluding hydrogens is 260 g/mol. The molecular formula is C18H17N2O+. The Morgan fingerprint density at radius 3 is 2.62 bits per heavy atom. The van der Waals surface area contributed by atoms with E-state index >= 15 is 0 Å². The Labute approximate surface area is 123 Å². The van der Waals surface area contributed by atoms with Crippen LogP contribution in [0.1, 0.15) is 12.5 Å². The standard InChI is InChI=1S/C18H16N2O/c1-14(21)19-18-9-5-8-16-13-20(11-10-17(16)18)12-15-6-3-2-4-7-15/h2-11,13H,12H2,1H3/p+1. The molecule has 3 aromatic rings. The summed E-state index contributed by atoms with van der Waals surface area (Å²) in [7, 11) is 0. The van der Waals surface area contributed by atoms with E-state index < -0.39 is 0 Å². The van der Waals surface area contributed by atoms with Gasteiger partial charge in [-0.15, -0.1) is 0 Å². The van der Waals surface area contributed by atoms with Crippen LogP contribution in [0.15, 0.2) is 67.0 Å². The molecule has 1 N–H and O–H groups in total. The van der Waals surface area contributed by atoms with Crippen molar-refractivity contribution in [3.05, 3.63) is 72.6 Å². The molecule has 21 heavy (non-hydrogen) atoms. The number of nitrogens with zero attached hydrogens (tertiary/aromatic N) is 1. The molecule has 0 spiro atoms. The van der Waals surface area contributed by atoms with Gasteiger partial charge in [-0.25, -0.2) is 4.57 Å². The van der Waals surface area contributed by atoms with Crippen molar-refractivity contribution in [3.63, 3.8) is 0 Å². The predicted octanol–water partition coefficient (Wildman–Crippen LogP) is 3.13. The molecule has 2 aromatic carbocycles. The third-order valence-electron chi connectivity index (χ3n) is 3.40. The predicted molar refractivity (Wildman–Crippen MR) is 84.0 cm³/mol. The van der Waals surface area contributed by atoms with Gasteiger partial charge in [0.15, 0.2) is 18.9 Å². The van der Waals surface area contributed by atoms with E-state index in [1.165, 1.54) is 12.5 Å². The van der Waals surface area contributed by atoms with Crippen LogP contribution in [0, 0.1) is 0 Å². The lowest BCUT2D eigenvalue weighted by Gasteiger charge is -2.06. The zero-order valence-electron chi connectivity index (χ0n) is 11.9. The summed E-state index contributed by atoms with van der Waals surface area (Å²) in [5.74, 6) is -0.0523. The Hall–Kier alpha value is -2.68. The summed E-state index contributed by atoms with van der Waals surface area (Å²) in [6, 6.07) is 18.3. The highest BCUT2D eigenvalue weighted by atomic mass is 16.1. The first kappa shape index (κ1) is 13.3. The van der Waals surface area contributed by atoms with E-state index in [0.29, 0.717) is 0 Å². The van der Waals surface area contributed by atoms with Crippen molar-refractivity contribution in [1.29, 1.82) is 0 Å². The summed E-state index contributed by atoms with van der Waals surface area (Å²) < 4.78 is 2.15. The number of amides is 1. The van der Waals surface area contributed by atoms with Crippen LogP contribution in [0.25, 0.3) is 10.8 Å². The Bertz CT molecular complexity index is 782. The van der Waals surface area contributed by atoms with Crippen molar-refractivity contribution in [3.8, 4) is 0 Å². The lowest BCUT2D eigenvalue weighted by molar-refractivity contribution is -0.687. The van der Waals surface area contributed by atoms with E-state index in [2.05, 4.69) is 34.3 Å². The Morgan fingerprint density at radius 2 is 1.86 bits per heavy atom. The van der Waals surface area contributed by atoms with E-state index in [0.717, 1.165) is 23.0 Å². The van der Waals surface area contributed by atoms with E-state index in [1.54, 1.807) is 0 Å². The maximum Gasteiger partial charge on any atom is 0.221 e. The molecule has 0 bridgehead atoms. The number of carbonyl (C=O) groups excluding carboxylic acids is 1. The van der Waals surface area contributed by atoms with Crippen LogP contribution in [-0.4, -0.2) is 5.91 Å². The van der Waals surface area contributed by atoms with Gasteiger partial charge in [0.25, 0.3) is 0 Å². The molecule has 0 aliphatic heterocycles. The van der Waals surface area contributed by atoms with Gasteiger partial charge in [-0.05, 0) is 12.1 Å². The molecule has 0 saturated heterocycles.